The Hall–Kier alpha value is -1.000. The second-order valence-electron chi connectivity index (χ2n) is 9.71. The monoisotopic (exact) mass is 752 g/mol. The summed E-state index contributed by atoms with van der Waals surface area (Å²) in [6, 6.07) is 6.71. The highest BCUT2D eigenvalue weighted by atomic mass is 35.5. The van der Waals surface area contributed by atoms with E-state index >= 15 is 0 Å². The van der Waals surface area contributed by atoms with Crippen LogP contribution in [0.1, 0.15) is 27.1 Å². The number of fused-ring (bicyclic) bond motifs is 5. The topological polar surface area (TPSA) is 74.8 Å². The molecule has 1 saturated carbocycles. The van der Waals surface area contributed by atoms with Crippen molar-refractivity contribution in [2.75, 3.05) is 5.88 Å². The largest absolute Gasteiger partial charge is 0.292 e. The number of hydrogen-bond donors (Lipinski definition) is 0. The summed E-state index contributed by atoms with van der Waals surface area (Å²) in [5.74, 6) is -8.00. The zero-order valence-electron chi connectivity index (χ0n) is 20.5. The van der Waals surface area contributed by atoms with Crippen LogP contribution in [0.2, 0.25) is 10.0 Å². The summed E-state index contributed by atoms with van der Waals surface area (Å²) in [5.41, 5.74) is -0.255. The van der Waals surface area contributed by atoms with E-state index in [0.717, 1.165) is 12.1 Å². The van der Waals surface area contributed by atoms with Crippen LogP contribution in [0.4, 0.5) is 4.39 Å². The Labute approximate surface area is 283 Å². The maximum absolute atomic E-state index is 14.2. The fourth-order valence-corrected chi connectivity index (χ4v) is 9.25. The smallest absolute Gasteiger partial charge is 0.275 e. The molecule has 5 atom stereocenters. The number of allylic oxidation sites excluding steroid dienone is 2. The Balaban J connectivity index is 1.69. The average molecular weight is 756 g/mol. The minimum Gasteiger partial charge on any atom is -0.292 e. The normalized spacial score (nSPS) is 28.4. The van der Waals surface area contributed by atoms with Gasteiger partial charge in [0.2, 0.25) is 0 Å². The second kappa shape index (κ2) is 11.1. The van der Waals surface area contributed by atoms with Gasteiger partial charge >= 0.3 is 0 Å². The third-order valence-corrected chi connectivity index (χ3v) is 12.6. The highest BCUT2D eigenvalue weighted by molar-refractivity contribution is 6.66. The predicted molar refractivity (Wildman–Crippen MR) is 162 cm³/mol. The van der Waals surface area contributed by atoms with E-state index in [9.17, 15) is 23.6 Å². The summed E-state index contributed by atoms with van der Waals surface area (Å²) in [6.45, 7) is 0. The quantitative estimate of drug-likeness (QED) is 0.164. The molecule has 0 radical (unpaired) electrons. The van der Waals surface area contributed by atoms with E-state index in [1.807, 2.05) is 0 Å². The molecule has 0 spiro atoms. The lowest BCUT2D eigenvalue weighted by Crippen LogP contribution is -2.60. The number of hydrogen-bond acceptors (Lipinski definition) is 4. The van der Waals surface area contributed by atoms with Gasteiger partial charge < -0.3 is 0 Å². The Morgan fingerprint density at radius 1 is 0.881 bits per heavy atom. The molecule has 0 unspecified atom stereocenters. The van der Waals surface area contributed by atoms with Crippen LogP contribution in [0, 0.1) is 17.7 Å². The van der Waals surface area contributed by atoms with Crippen LogP contribution < -0.4 is 0 Å². The molecule has 2 aromatic rings. The van der Waals surface area contributed by atoms with E-state index in [0.29, 0.717) is 10.0 Å². The van der Waals surface area contributed by atoms with Gasteiger partial charge in [-0.1, -0.05) is 69.6 Å². The van der Waals surface area contributed by atoms with Crippen molar-refractivity contribution in [3.05, 3.63) is 79.5 Å². The molecule has 222 valence electrons. The number of carbonyl (C=O) groups excluding carboxylic acids is 4. The number of imide groups is 1. The predicted octanol–water partition coefficient (Wildman–Crippen LogP) is 7.82. The van der Waals surface area contributed by atoms with Gasteiger partial charge in [-0.3, -0.25) is 19.2 Å². The van der Waals surface area contributed by atoms with E-state index < -0.39 is 61.3 Å². The molecule has 3 amide bonds. The van der Waals surface area contributed by atoms with Gasteiger partial charge in [-0.2, -0.15) is 5.01 Å². The minimum atomic E-state index is -2.22. The molecule has 1 heterocycles. The van der Waals surface area contributed by atoms with Crippen molar-refractivity contribution in [2.45, 2.75) is 26.5 Å². The van der Waals surface area contributed by atoms with Gasteiger partial charge in [0.15, 0.2) is 10.1 Å². The fraction of sp³-hybridized carbons (Fsp3) is 0.308. The Bertz CT molecular complexity index is 1540. The van der Waals surface area contributed by atoms with E-state index in [2.05, 4.69) is 0 Å². The average Bonchev–Trinajstić information content (AvgIpc) is 3.31. The Morgan fingerprint density at radius 3 is 1.88 bits per heavy atom. The van der Waals surface area contributed by atoms with Crippen molar-refractivity contribution < 1.29 is 23.6 Å². The molecule has 2 aromatic carbocycles. The highest BCUT2D eigenvalue weighted by Crippen LogP contribution is 2.77. The lowest BCUT2D eigenvalue weighted by Gasteiger charge is -2.39. The van der Waals surface area contributed by atoms with Crippen molar-refractivity contribution in [1.29, 1.82) is 0 Å². The first-order valence-electron chi connectivity index (χ1n) is 11.9. The third kappa shape index (κ3) is 4.26. The van der Waals surface area contributed by atoms with Crippen molar-refractivity contribution >= 4 is 128 Å². The number of carbonyl (C=O) groups is 4. The van der Waals surface area contributed by atoms with Crippen LogP contribution in [0.25, 0.3) is 0 Å². The number of amides is 3. The first-order chi connectivity index (χ1) is 19.6. The number of Topliss-reactive ketones (excluding diaryl/α,β-unsaturated/α-hetero) is 1. The van der Waals surface area contributed by atoms with E-state index in [4.69, 9.17) is 104 Å². The molecule has 0 aromatic heterocycles. The number of rotatable bonds is 7. The summed E-state index contributed by atoms with van der Waals surface area (Å²) in [4.78, 5) is 52.0. The summed E-state index contributed by atoms with van der Waals surface area (Å²) in [5, 5.41) is 0.454. The number of halogens is 10. The molecule has 2 fully saturated rings. The number of alkyl halides is 5. The summed E-state index contributed by atoms with van der Waals surface area (Å²) >= 11 is 58.0. The van der Waals surface area contributed by atoms with Crippen molar-refractivity contribution in [2.24, 2.45) is 11.8 Å². The van der Waals surface area contributed by atoms with E-state index in [1.54, 1.807) is 0 Å². The van der Waals surface area contributed by atoms with E-state index in [1.165, 1.54) is 30.3 Å². The first-order valence-corrected chi connectivity index (χ1v) is 15.5. The standard InChI is InChI=1S/C26H14Cl9FN2O4/c27-8-7-15(18(39)10-1-4-12(36)5-2-10)37(21(40)13-6-3-11(28)9-14(13)29)38-22(41)16-17(23(38)42)25(33)20(31)19(30)24(16,32)26(25,34)35/h1-6,9,15-17H,7-8H2/t15-,16+,17+,24+,25+/m0/s1. The van der Waals surface area contributed by atoms with Crippen molar-refractivity contribution in [1.82, 2.24) is 10.0 Å². The second-order valence-corrected chi connectivity index (χ2v) is 14.2. The van der Waals surface area contributed by atoms with Crippen LogP contribution in [-0.4, -0.2) is 59.5 Å². The first kappa shape index (κ1) is 32.4. The molecule has 2 bridgehead atoms. The van der Waals surface area contributed by atoms with Crippen LogP contribution in [-0.2, 0) is 9.59 Å². The zero-order chi connectivity index (χ0) is 31.1. The molecule has 0 N–H and O–H groups in total. The van der Waals surface area contributed by atoms with Crippen LogP contribution in [0.15, 0.2) is 52.5 Å². The molecular weight excluding hydrogens is 742 g/mol. The minimum absolute atomic E-state index is 0.0400. The van der Waals surface area contributed by atoms with Gasteiger partial charge in [-0.25, -0.2) is 9.40 Å². The molecule has 16 heteroatoms. The number of nitrogens with zero attached hydrogens (tertiary/aromatic N) is 2. The van der Waals surface area contributed by atoms with Crippen molar-refractivity contribution in [3.63, 3.8) is 0 Å². The van der Waals surface area contributed by atoms with Crippen LogP contribution >= 0.6 is 104 Å². The Kier molecular flexibility index (Phi) is 8.57. The zero-order valence-corrected chi connectivity index (χ0v) is 27.3. The van der Waals surface area contributed by atoms with Gasteiger partial charge in [-0.05, 0) is 48.9 Å². The molecule has 5 rings (SSSR count). The number of hydrazine groups is 1. The number of ketones is 1. The van der Waals surface area contributed by atoms with Gasteiger partial charge in [0, 0.05) is 16.5 Å². The molecule has 42 heavy (non-hydrogen) atoms. The van der Waals surface area contributed by atoms with Gasteiger partial charge in [0.1, 0.15) is 21.6 Å². The fourth-order valence-electron chi connectivity index (χ4n) is 5.63. The van der Waals surface area contributed by atoms with Crippen molar-refractivity contribution in [3.8, 4) is 0 Å². The van der Waals surface area contributed by atoms with Crippen LogP contribution in [0.5, 0.6) is 0 Å². The maximum Gasteiger partial charge on any atom is 0.275 e. The third-order valence-electron chi connectivity index (χ3n) is 7.58. The SMILES string of the molecule is O=C(c1ccc(F)cc1)[C@H](CCCl)N(C(=O)c1ccc(Cl)cc1Cl)N1C(=O)[C@H]2[C@H](C1=O)[C@@]1(Cl)C(Cl)=C(Cl)[C@@]2(Cl)C1(Cl)Cl. The molecule has 3 aliphatic rings. The van der Waals surface area contributed by atoms with Gasteiger partial charge in [-0.15, -0.1) is 34.8 Å². The summed E-state index contributed by atoms with van der Waals surface area (Å²) < 4.78 is 11.4. The lowest BCUT2D eigenvalue weighted by atomic mass is 9.84. The highest BCUT2D eigenvalue weighted by Gasteiger charge is 2.88. The van der Waals surface area contributed by atoms with Gasteiger partial charge in [0.05, 0.1) is 32.5 Å². The van der Waals surface area contributed by atoms with E-state index in [-0.39, 0.29) is 43.5 Å². The molecule has 2 aliphatic carbocycles. The lowest BCUT2D eigenvalue weighted by molar-refractivity contribution is -0.157. The molecule has 1 aliphatic heterocycles. The summed E-state index contributed by atoms with van der Waals surface area (Å²) in [7, 11) is 0. The maximum atomic E-state index is 14.2. The molecule has 6 nitrogen and oxygen atoms in total. The van der Waals surface area contributed by atoms with Gasteiger partial charge in [0.25, 0.3) is 17.7 Å². The molecule has 1 saturated heterocycles. The van der Waals surface area contributed by atoms with Crippen LogP contribution in [0.3, 0.4) is 0 Å². The Morgan fingerprint density at radius 2 is 1.40 bits per heavy atom. The summed E-state index contributed by atoms with van der Waals surface area (Å²) in [6.07, 6.45) is -0.256. The number of benzene rings is 2. The molecular formula is C26H14Cl9FN2O4.